The van der Waals surface area contributed by atoms with Crippen LogP contribution in [0.4, 0.5) is 13.2 Å². The number of carbonyl (C=O) groups is 3. The van der Waals surface area contributed by atoms with Crippen molar-refractivity contribution in [2.24, 2.45) is 16.0 Å². The molecule has 1 atom stereocenters. The number of amides is 2. The molecule has 3 heterocycles. The van der Waals surface area contributed by atoms with Crippen LogP contribution in [-0.4, -0.2) is 107 Å². The Morgan fingerprint density at radius 1 is 1.11 bits per heavy atom. The molecule has 0 spiro atoms. The molecule has 1 unspecified atom stereocenters. The topological polar surface area (TPSA) is 128 Å². The van der Waals surface area contributed by atoms with Gasteiger partial charge >= 0.3 is 6.61 Å². The van der Waals surface area contributed by atoms with Crippen molar-refractivity contribution in [3.8, 4) is 5.75 Å². The van der Waals surface area contributed by atoms with Gasteiger partial charge in [0.15, 0.2) is 5.70 Å². The molecule has 15 heteroatoms. The molecule has 0 saturated carbocycles. The number of alkyl halides is 2. The number of ketones is 1. The molecule has 0 aliphatic carbocycles. The number of Topliss-reactive ketones (excluding diaryl/α,β-unsaturated/α-hetero) is 1. The zero-order valence-electron chi connectivity index (χ0n) is 34.4. The maximum absolute atomic E-state index is 14.2. The number of benzene rings is 1. The number of carbonyl (C=O) groups excluding carboxylic acids is 3. The number of ether oxygens (including phenoxy) is 2. The standard InChI is InChI=1S/C31H44N6O5.C11H13F3O/c1-9-25-28(34-13-15-35(16-14-34)30(40)27(32-10-2)29(39)21(5)6)31(41)37(23(8)36(25)19-22(7)38)33-26(20(3)4)24-11-17-42-18-12-24;1-3-7(2)9-5-4-8(6-10(9)12)15-11(13)14/h10-11,20,39H,5,8-9,12-19H2,1-4,6-7H3;4-7,11H,3H2,1-2H3/b29-27+,32-10?,33-26+;. The fourth-order valence-electron chi connectivity index (χ4n) is 6.48. The zero-order chi connectivity index (χ0) is 42.6. The van der Waals surface area contributed by atoms with Crippen LogP contribution in [0.2, 0.25) is 0 Å². The molecular formula is C42H57F3N6O6. The van der Waals surface area contributed by atoms with Gasteiger partial charge in [0.05, 0.1) is 25.5 Å². The maximum atomic E-state index is 14.2. The minimum atomic E-state index is -2.92. The summed E-state index contributed by atoms with van der Waals surface area (Å²) in [5.41, 5.74) is 3.76. The molecule has 1 aromatic carbocycles. The maximum Gasteiger partial charge on any atom is 0.387 e. The number of hydrazone groups is 1. The lowest BCUT2D eigenvalue weighted by Crippen LogP contribution is -2.54. The smallest absolute Gasteiger partial charge is 0.387 e. The highest BCUT2D eigenvalue weighted by Crippen LogP contribution is 2.33. The largest absolute Gasteiger partial charge is 0.505 e. The van der Waals surface area contributed by atoms with Crippen molar-refractivity contribution in [3.05, 3.63) is 88.6 Å². The average Bonchev–Trinajstić information content (AvgIpc) is 3.17. The summed E-state index contributed by atoms with van der Waals surface area (Å²) in [7, 11) is 0. The second kappa shape index (κ2) is 21.4. The summed E-state index contributed by atoms with van der Waals surface area (Å²) in [4.78, 5) is 49.2. The molecule has 312 valence electrons. The van der Waals surface area contributed by atoms with Crippen LogP contribution in [0.25, 0.3) is 0 Å². The van der Waals surface area contributed by atoms with Crippen LogP contribution in [0, 0.1) is 11.7 Å². The third kappa shape index (κ3) is 11.9. The van der Waals surface area contributed by atoms with Gasteiger partial charge in [-0.15, -0.1) is 0 Å². The third-order valence-electron chi connectivity index (χ3n) is 9.63. The molecular weight excluding hydrogens is 741 g/mol. The molecule has 12 nitrogen and oxygen atoms in total. The van der Waals surface area contributed by atoms with E-state index in [2.05, 4.69) is 22.9 Å². The predicted molar refractivity (Wildman–Crippen MR) is 215 cm³/mol. The average molecular weight is 799 g/mol. The van der Waals surface area contributed by atoms with Gasteiger partial charge in [-0.25, -0.2) is 4.39 Å². The van der Waals surface area contributed by atoms with Crippen molar-refractivity contribution in [2.75, 3.05) is 45.9 Å². The third-order valence-corrected chi connectivity index (χ3v) is 9.63. The van der Waals surface area contributed by atoms with Crippen LogP contribution >= 0.6 is 0 Å². The van der Waals surface area contributed by atoms with E-state index in [1.54, 1.807) is 23.6 Å². The molecule has 1 fully saturated rings. The molecule has 1 aromatic rings. The van der Waals surface area contributed by atoms with Crippen molar-refractivity contribution in [2.45, 2.75) is 87.2 Å². The van der Waals surface area contributed by atoms with Crippen molar-refractivity contribution in [1.82, 2.24) is 19.7 Å². The molecule has 0 bridgehead atoms. The molecule has 3 aliphatic rings. The number of aliphatic imine (C=N–C) groups is 1. The number of rotatable bonds is 14. The Hall–Kier alpha value is -5.18. The van der Waals surface area contributed by atoms with E-state index < -0.39 is 18.3 Å². The first-order valence-corrected chi connectivity index (χ1v) is 19.2. The van der Waals surface area contributed by atoms with Gasteiger partial charge in [-0.05, 0) is 74.6 Å². The minimum absolute atomic E-state index is 0.0365. The van der Waals surface area contributed by atoms with E-state index >= 15 is 0 Å². The van der Waals surface area contributed by atoms with Crippen LogP contribution in [0.1, 0.15) is 86.1 Å². The Balaban J connectivity index is 0.000000485. The van der Waals surface area contributed by atoms with Gasteiger partial charge in [-0.3, -0.25) is 19.4 Å². The van der Waals surface area contributed by atoms with Crippen LogP contribution in [0.3, 0.4) is 0 Å². The van der Waals surface area contributed by atoms with E-state index in [1.807, 2.05) is 45.6 Å². The second-order valence-electron chi connectivity index (χ2n) is 14.2. The fraction of sp³-hybridized carbons (Fsp3) is 0.500. The van der Waals surface area contributed by atoms with Crippen molar-refractivity contribution in [1.29, 1.82) is 0 Å². The number of aliphatic hydroxyl groups is 1. The van der Waals surface area contributed by atoms with Crippen molar-refractivity contribution < 1.29 is 42.1 Å². The number of halogens is 3. The number of allylic oxidation sites excluding steroid dienone is 2. The Morgan fingerprint density at radius 2 is 1.77 bits per heavy atom. The molecule has 0 radical (unpaired) electrons. The van der Waals surface area contributed by atoms with E-state index in [0.717, 1.165) is 23.8 Å². The first kappa shape index (κ1) is 46.2. The normalized spacial score (nSPS) is 17.8. The lowest BCUT2D eigenvalue weighted by atomic mass is 9.96. The Morgan fingerprint density at radius 3 is 2.26 bits per heavy atom. The van der Waals surface area contributed by atoms with Gasteiger partial charge in [-0.2, -0.15) is 18.9 Å². The Bertz CT molecular complexity index is 1830. The van der Waals surface area contributed by atoms with Crippen LogP contribution in [0.15, 0.2) is 87.3 Å². The number of hydrogen-bond acceptors (Lipinski definition) is 10. The highest BCUT2D eigenvalue weighted by molar-refractivity contribution is 6.04. The van der Waals surface area contributed by atoms with E-state index in [9.17, 15) is 32.7 Å². The number of nitrogens with zero attached hydrogens (tertiary/aromatic N) is 6. The summed E-state index contributed by atoms with van der Waals surface area (Å²) in [6, 6.07) is 3.84. The van der Waals surface area contributed by atoms with Crippen LogP contribution < -0.4 is 4.74 Å². The SMILES string of the molecule is C=C(C)/C(O)=C(\N=CC)C(=O)N1CCN(C2=C(CC)N(CC(C)=O)C(=C)N(/N=C(/C3=CCOCC3)C(C)C)C2=O)CC1.CCC(C)c1ccc(OC(F)F)cc1F. The van der Waals surface area contributed by atoms with Crippen molar-refractivity contribution >= 4 is 29.5 Å². The Kier molecular flexibility index (Phi) is 17.3. The van der Waals surface area contributed by atoms with Crippen LogP contribution in [-0.2, 0) is 19.1 Å². The van der Waals surface area contributed by atoms with Crippen molar-refractivity contribution in [3.63, 3.8) is 0 Å². The summed E-state index contributed by atoms with van der Waals surface area (Å²) >= 11 is 0. The molecule has 1 N–H and O–H groups in total. The zero-order valence-corrected chi connectivity index (χ0v) is 34.4. The summed E-state index contributed by atoms with van der Waals surface area (Å²) in [6.45, 7) is 22.1. The van der Waals surface area contributed by atoms with E-state index in [-0.39, 0.29) is 47.3 Å². The van der Waals surface area contributed by atoms with Gasteiger partial charge in [0.25, 0.3) is 11.8 Å². The lowest BCUT2D eigenvalue weighted by molar-refractivity contribution is -0.132. The number of piperazine rings is 1. The second-order valence-corrected chi connectivity index (χ2v) is 14.2. The van der Waals surface area contributed by atoms with Gasteiger partial charge in [-0.1, -0.05) is 59.9 Å². The van der Waals surface area contributed by atoms with Gasteiger partial charge in [0.1, 0.15) is 34.6 Å². The van der Waals surface area contributed by atoms with Gasteiger partial charge in [0.2, 0.25) is 0 Å². The number of hydrogen-bond donors (Lipinski definition) is 1. The molecule has 0 aromatic heterocycles. The van der Waals surface area contributed by atoms with Gasteiger partial charge < -0.3 is 29.3 Å². The predicted octanol–water partition coefficient (Wildman–Crippen LogP) is 7.69. The summed E-state index contributed by atoms with van der Waals surface area (Å²) in [6.07, 6.45) is 5.44. The highest BCUT2D eigenvalue weighted by Gasteiger charge is 2.40. The van der Waals surface area contributed by atoms with Gasteiger partial charge in [0, 0.05) is 44.2 Å². The molecule has 3 aliphatic heterocycles. The van der Waals surface area contributed by atoms with E-state index in [4.69, 9.17) is 9.84 Å². The van der Waals surface area contributed by atoms with Crippen LogP contribution in [0.5, 0.6) is 5.75 Å². The molecule has 57 heavy (non-hydrogen) atoms. The minimum Gasteiger partial charge on any atom is -0.505 e. The van der Waals surface area contributed by atoms with E-state index in [0.29, 0.717) is 80.6 Å². The monoisotopic (exact) mass is 798 g/mol. The first-order valence-electron chi connectivity index (χ1n) is 19.2. The Labute approximate surface area is 334 Å². The fourth-order valence-corrected chi connectivity index (χ4v) is 6.48. The quantitative estimate of drug-likeness (QED) is 0.0879. The summed E-state index contributed by atoms with van der Waals surface area (Å²) < 4.78 is 46.6. The number of aliphatic hydroxyl groups excluding tert-OH is 1. The molecule has 1 saturated heterocycles. The molecule has 2 amide bonds. The summed E-state index contributed by atoms with van der Waals surface area (Å²) in [5, 5.41) is 16.6. The van der Waals surface area contributed by atoms with E-state index in [1.165, 1.54) is 30.3 Å². The first-order chi connectivity index (χ1) is 27.0. The highest BCUT2D eigenvalue weighted by atomic mass is 19.3. The lowest BCUT2D eigenvalue weighted by Gasteiger charge is -2.44. The molecule has 4 rings (SSSR count). The summed E-state index contributed by atoms with van der Waals surface area (Å²) in [5.74, 6) is -1.24.